The van der Waals surface area contributed by atoms with Crippen LogP contribution in [0.5, 0.6) is 0 Å². The van der Waals surface area contributed by atoms with Crippen LogP contribution >= 0.6 is 0 Å². The molecular weight excluding hydrogens is 250 g/mol. The lowest BCUT2D eigenvalue weighted by Gasteiger charge is -2.39. The van der Waals surface area contributed by atoms with E-state index in [0.717, 1.165) is 44.4 Å². The third kappa shape index (κ3) is 3.66. The second-order valence-electron chi connectivity index (χ2n) is 5.83. The van der Waals surface area contributed by atoms with E-state index < -0.39 is 15.7 Å². The standard InChI is InChI=1S/C12H25N3O2S/c1-2-10-5-7-12(9-13,8-6-10)15-18(16,17)14-11-3-4-11/h10-11,14-15H,2-9,13H2,1H3. The van der Waals surface area contributed by atoms with E-state index in [4.69, 9.17) is 5.73 Å². The summed E-state index contributed by atoms with van der Waals surface area (Å²) in [7, 11) is -3.39. The normalized spacial score (nSPS) is 33.6. The molecule has 6 heteroatoms. The third-order valence-electron chi connectivity index (χ3n) is 4.28. The quantitative estimate of drug-likeness (QED) is 0.672. The predicted molar refractivity (Wildman–Crippen MR) is 72.2 cm³/mol. The molecule has 2 aliphatic carbocycles. The summed E-state index contributed by atoms with van der Waals surface area (Å²) in [6.45, 7) is 2.58. The molecule has 106 valence electrons. The van der Waals surface area contributed by atoms with E-state index in [9.17, 15) is 8.42 Å². The van der Waals surface area contributed by atoms with E-state index in [2.05, 4.69) is 16.4 Å². The number of rotatable bonds is 6. The average Bonchev–Trinajstić information content (AvgIpc) is 3.12. The molecule has 0 spiro atoms. The average molecular weight is 275 g/mol. The maximum atomic E-state index is 12.0. The maximum absolute atomic E-state index is 12.0. The molecule has 2 rings (SSSR count). The van der Waals surface area contributed by atoms with Crippen LogP contribution in [0.25, 0.3) is 0 Å². The zero-order valence-corrected chi connectivity index (χ0v) is 11.9. The van der Waals surface area contributed by atoms with Crippen LogP contribution in [0.2, 0.25) is 0 Å². The Balaban J connectivity index is 1.95. The summed E-state index contributed by atoms with van der Waals surface area (Å²) in [5.74, 6) is 0.727. The van der Waals surface area contributed by atoms with Gasteiger partial charge in [-0.05, 0) is 44.4 Å². The Kier molecular flexibility index (Phi) is 4.31. The van der Waals surface area contributed by atoms with E-state index >= 15 is 0 Å². The minimum Gasteiger partial charge on any atom is -0.329 e. The first kappa shape index (κ1) is 14.2. The molecule has 0 aromatic rings. The molecular formula is C12H25N3O2S. The van der Waals surface area contributed by atoms with Crippen LogP contribution in [0.15, 0.2) is 0 Å². The molecule has 2 aliphatic rings. The summed E-state index contributed by atoms with van der Waals surface area (Å²) in [6.07, 6.45) is 6.93. The van der Waals surface area contributed by atoms with Crippen molar-refractivity contribution >= 4 is 10.2 Å². The Morgan fingerprint density at radius 2 is 1.83 bits per heavy atom. The van der Waals surface area contributed by atoms with Crippen molar-refractivity contribution in [3.05, 3.63) is 0 Å². The summed E-state index contributed by atoms with van der Waals surface area (Å²) in [4.78, 5) is 0. The van der Waals surface area contributed by atoms with E-state index in [0.29, 0.717) is 6.54 Å². The molecule has 0 bridgehead atoms. The van der Waals surface area contributed by atoms with Gasteiger partial charge in [-0.25, -0.2) is 0 Å². The van der Waals surface area contributed by atoms with E-state index in [1.54, 1.807) is 0 Å². The summed E-state index contributed by atoms with van der Waals surface area (Å²) < 4.78 is 29.5. The molecule has 2 fully saturated rings. The smallest absolute Gasteiger partial charge is 0.277 e. The van der Waals surface area contributed by atoms with Gasteiger partial charge >= 0.3 is 0 Å². The van der Waals surface area contributed by atoms with Crippen LogP contribution in [-0.2, 0) is 10.2 Å². The van der Waals surface area contributed by atoms with Crippen LogP contribution in [0, 0.1) is 5.92 Å². The molecule has 0 aromatic heterocycles. The van der Waals surface area contributed by atoms with Crippen molar-refractivity contribution in [3.63, 3.8) is 0 Å². The minimum absolute atomic E-state index is 0.143. The highest BCUT2D eigenvalue weighted by molar-refractivity contribution is 7.87. The van der Waals surface area contributed by atoms with Gasteiger partial charge in [0.2, 0.25) is 0 Å². The third-order valence-corrected chi connectivity index (χ3v) is 5.63. The fourth-order valence-corrected chi connectivity index (χ4v) is 4.31. The van der Waals surface area contributed by atoms with E-state index in [-0.39, 0.29) is 6.04 Å². The van der Waals surface area contributed by atoms with Crippen molar-refractivity contribution in [1.29, 1.82) is 0 Å². The number of nitrogens with one attached hydrogen (secondary N) is 2. The van der Waals surface area contributed by atoms with Gasteiger partial charge in [0.1, 0.15) is 0 Å². The Morgan fingerprint density at radius 3 is 2.28 bits per heavy atom. The molecule has 0 radical (unpaired) electrons. The Hall–Kier alpha value is -0.170. The lowest BCUT2D eigenvalue weighted by atomic mass is 9.76. The van der Waals surface area contributed by atoms with Crippen molar-refractivity contribution < 1.29 is 8.42 Å². The van der Waals surface area contributed by atoms with Crippen LogP contribution in [0.3, 0.4) is 0 Å². The van der Waals surface area contributed by atoms with Crippen LogP contribution in [0.4, 0.5) is 0 Å². The molecule has 5 nitrogen and oxygen atoms in total. The maximum Gasteiger partial charge on any atom is 0.277 e. The second kappa shape index (κ2) is 5.45. The SMILES string of the molecule is CCC1CCC(CN)(NS(=O)(=O)NC2CC2)CC1. The summed E-state index contributed by atoms with van der Waals surface area (Å²) in [5.41, 5.74) is 5.40. The molecule has 18 heavy (non-hydrogen) atoms. The van der Waals surface area contributed by atoms with Crippen molar-refractivity contribution in [2.45, 2.75) is 63.5 Å². The first-order valence-corrected chi connectivity index (χ1v) is 8.48. The van der Waals surface area contributed by atoms with Crippen molar-refractivity contribution in [3.8, 4) is 0 Å². The van der Waals surface area contributed by atoms with Gasteiger partial charge in [0, 0.05) is 18.1 Å². The summed E-state index contributed by atoms with van der Waals surface area (Å²) in [6, 6.07) is 0.143. The zero-order chi connectivity index (χ0) is 13.2. The van der Waals surface area contributed by atoms with Crippen molar-refractivity contribution in [2.24, 2.45) is 11.7 Å². The zero-order valence-electron chi connectivity index (χ0n) is 11.1. The van der Waals surface area contributed by atoms with Gasteiger partial charge in [0.05, 0.1) is 0 Å². The van der Waals surface area contributed by atoms with Gasteiger partial charge in [0.15, 0.2) is 0 Å². The van der Waals surface area contributed by atoms with Gasteiger partial charge in [-0.2, -0.15) is 17.9 Å². The fraction of sp³-hybridized carbons (Fsp3) is 1.00. The predicted octanol–water partition coefficient (Wildman–Crippen LogP) is 0.871. The minimum atomic E-state index is -3.39. The highest BCUT2D eigenvalue weighted by Gasteiger charge is 2.38. The van der Waals surface area contributed by atoms with Crippen molar-refractivity contribution in [1.82, 2.24) is 9.44 Å². The Morgan fingerprint density at radius 1 is 1.22 bits per heavy atom. The molecule has 0 saturated heterocycles. The van der Waals surface area contributed by atoms with E-state index in [1.165, 1.54) is 6.42 Å². The van der Waals surface area contributed by atoms with Crippen LogP contribution in [0.1, 0.15) is 51.9 Å². The van der Waals surface area contributed by atoms with E-state index in [1.807, 2.05) is 0 Å². The molecule has 0 aliphatic heterocycles. The van der Waals surface area contributed by atoms with Gasteiger partial charge < -0.3 is 5.73 Å². The van der Waals surface area contributed by atoms with Gasteiger partial charge in [-0.1, -0.05) is 13.3 Å². The molecule has 0 aromatic carbocycles. The number of hydrogen-bond acceptors (Lipinski definition) is 3. The molecule has 0 unspecified atom stereocenters. The summed E-state index contributed by atoms with van der Waals surface area (Å²) >= 11 is 0. The van der Waals surface area contributed by atoms with Gasteiger partial charge in [-0.15, -0.1) is 0 Å². The molecule has 0 amide bonds. The molecule has 4 N–H and O–H groups in total. The molecule has 2 saturated carbocycles. The van der Waals surface area contributed by atoms with Crippen LogP contribution < -0.4 is 15.2 Å². The van der Waals surface area contributed by atoms with Crippen LogP contribution in [-0.4, -0.2) is 26.5 Å². The lowest BCUT2D eigenvalue weighted by molar-refractivity contribution is 0.217. The lowest BCUT2D eigenvalue weighted by Crippen LogP contribution is -2.58. The van der Waals surface area contributed by atoms with Gasteiger partial charge in [0.25, 0.3) is 10.2 Å². The monoisotopic (exact) mass is 275 g/mol. The van der Waals surface area contributed by atoms with Crippen molar-refractivity contribution in [2.75, 3.05) is 6.54 Å². The fourth-order valence-electron chi connectivity index (χ4n) is 2.72. The molecule has 0 heterocycles. The number of nitrogens with two attached hydrogens (primary N) is 1. The Bertz CT molecular complexity index is 371. The topological polar surface area (TPSA) is 84.2 Å². The summed E-state index contributed by atoms with van der Waals surface area (Å²) in [5, 5.41) is 0. The highest BCUT2D eigenvalue weighted by atomic mass is 32.2. The Labute approximate surface area is 110 Å². The molecule has 0 atom stereocenters. The first-order chi connectivity index (χ1) is 8.49. The second-order valence-corrected chi connectivity index (χ2v) is 7.28. The first-order valence-electron chi connectivity index (χ1n) is 7.00. The largest absolute Gasteiger partial charge is 0.329 e. The number of hydrogen-bond donors (Lipinski definition) is 3. The highest BCUT2D eigenvalue weighted by Crippen LogP contribution is 2.33. The van der Waals surface area contributed by atoms with Gasteiger partial charge in [-0.3, -0.25) is 0 Å².